The second kappa shape index (κ2) is 8.87. The first-order valence-corrected chi connectivity index (χ1v) is 10.8. The van der Waals surface area contributed by atoms with Crippen molar-refractivity contribution in [3.05, 3.63) is 53.6 Å². The number of hydrogen-bond acceptors (Lipinski definition) is 7. The third kappa shape index (κ3) is 4.57. The molecule has 3 amide bonds. The zero-order chi connectivity index (χ0) is 23.8. The number of halogens is 1. The summed E-state index contributed by atoms with van der Waals surface area (Å²) >= 11 is 6.32. The maximum absolute atomic E-state index is 13.0. The van der Waals surface area contributed by atoms with Crippen molar-refractivity contribution in [3.63, 3.8) is 0 Å². The number of aromatic nitrogens is 3. The first kappa shape index (κ1) is 22.8. The van der Waals surface area contributed by atoms with Crippen molar-refractivity contribution in [1.82, 2.24) is 30.1 Å². The Balaban J connectivity index is 1.73. The molecule has 33 heavy (non-hydrogen) atoms. The second-order valence-corrected chi connectivity index (χ2v) is 8.40. The molecular weight excluding hydrogens is 448 g/mol. The average Bonchev–Trinajstić information content (AvgIpc) is 3.60. The molecule has 0 bridgehead atoms. The smallest absolute Gasteiger partial charge is 0.269 e. The van der Waals surface area contributed by atoms with E-state index in [4.69, 9.17) is 11.6 Å². The van der Waals surface area contributed by atoms with Gasteiger partial charge in [0.25, 0.3) is 11.8 Å². The molecule has 0 radical (unpaired) electrons. The van der Waals surface area contributed by atoms with Crippen LogP contribution in [0.15, 0.2) is 37.2 Å². The maximum atomic E-state index is 13.0. The van der Waals surface area contributed by atoms with Crippen molar-refractivity contribution in [1.29, 1.82) is 0 Å². The minimum absolute atomic E-state index is 0.160. The van der Waals surface area contributed by atoms with E-state index in [2.05, 4.69) is 26.8 Å². The standard InChI is InChI=1S/C22H23ClN6O4/c1-3-19(30)28-6-7-29(21(32)22(33)4-5-22)17(11-28)13-8-15(27-18(23)9-13)14-10-16(20(31)24-2)26-12-25-14/h3,8-10,12,17,33H,1,4-7,11H2,2H3,(H,24,31)/t17-/m1/s1. The summed E-state index contributed by atoms with van der Waals surface area (Å²) in [4.78, 5) is 53.0. The summed E-state index contributed by atoms with van der Waals surface area (Å²) in [6.07, 6.45) is 3.31. The Morgan fingerprint density at radius 3 is 2.64 bits per heavy atom. The predicted octanol–water partition coefficient (Wildman–Crippen LogP) is 0.974. The van der Waals surface area contributed by atoms with Crippen LogP contribution in [0, 0.1) is 0 Å². The highest BCUT2D eigenvalue weighted by Gasteiger charge is 2.52. The third-order valence-electron chi connectivity index (χ3n) is 5.84. The summed E-state index contributed by atoms with van der Waals surface area (Å²) in [5.41, 5.74) is 0.205. The summed E-state index contributed by atoms with van der Waals surface area (Å²) in [5.74, 6) is -0.985. The lowest BCUT2D eigenvalue weighted by molar-refractivity contribution is -0.150. The van der Waals surface area contributed by atoms with Gasteiger partial charge in [-0.05, 0) is 42.7 Å². The van der Waals surface area contributed by atoms with Crippen LogP contribution in [-0.4, -0.2) is 79.9 Å². The van der Waals surface area contributed by atoms with Gasteiger partial charge in [0.2, 0.25) is 5.91 Å². The number of nitrogens with one attached hydrogen (secondary N) is 1. The lowest BCUT2D eigenvalue weighted by Gasteiger charge is -2.42. The van der Waals surface area contributed by atoms with Gasteiger partial charge in [0, 0.05) is 26.7 Å². The molecular formula is C22H23ClN6O4. The number of amides is 3. The fourth-order valence-electron chi connectivity index (χ4n) is 3.83. The summed E-state index contributed by atoms with van der Waals surface area (Å²) in [5, 5.41) is 13.1. The van der Waals surface area contributed by atoms with Gasteiger partial charge in [-0.15, -0.1) is 0 Å². The van der Waals surface area contributed by atoms with Gasteiger partial charge in [-0.2, -0.15) is 0 Å². The van der Waals surface area contributed by atoms with E-state index < -0.39 is 11.6 Å². The van der Waals surface area contributed by atoms with E-state index in [1.54, 1.807) is 21.9 Å². The van der Waals surface area contributed by atoms with Crippen molar-refractivity contribution in [2.45, 2.75) is 24.5 Å². The number of piperazine rings is 1. The third-order valence-corrected chi connectivity index (χ3v) is 6.03. The Morgan fingerprint density at radius 2 is 1.97 bits per heavy atom. The van der Waals surface area contributed by atoms with E-state index in [9.17, 15) is 19.5 Å². The average molecular weight is 471 g/mol. The quantitative estimate of drug-likeness (QED) is 0.492. The van der Waals surface area contributed by atoms with E-state index >= 15 is 0 Å². The van der Waals surface area contributed by atoms with Gasteiger partial charge in [-0.1, -0.05) is 18.2 Å². The van der Waals surface area contributed by atoms with Crippen molar-refractivity contribution < 1.29 is 19.5 Å². The summed E-state index contributed by atoms with van der Waals surface area (Å²) in [6.45, 7) is 4.34. The Bertz CT molecular complexity index is 1140. The van der Waals surface area contributed by atoms with E-state index in [0.717, 1.165) is 0 Å². The second-order valence-electron chi connectivity index (χ2n) is 8.01. The molecule has 1 atom stereocenters. The molecule has 2 aliphatic rings. The summed E-state index contributed by atoms with van der Waals surface area (Å²) in [7, 11) is 1.50. The fraction of sp³-hybridized carbons (Fsp3) is 0.364. The molecule has 2 aromatic heterocycles. The molecule has 1 aliphatic carbocycles. The van der Waals surface area contributed by atoms with Gasteiger partial charge in [0.05, 0.1) is 17.4 Å². The highest BCUT2D eigenvalue weighted by atomic mass is 35.5. The lowest BCUT2D eigenvalue weighted by atomic mass is 10.00. The van der Waals surface area contributed by atoms with Crippen molar-refractivity contribution >= 4 is 29.3 Å². The molecule has 3 heterocycles. The Hall–Kier alpha value is -3.37. The molecule has 2 N–H and O–H groups in total. The molecule has 1 saturated heterocycles. The van der Waals surface area contributed by atoms with E-state index in [-0.39, 0.29) is 41.7 Å². The zero-order valence-corrected chi connectivity index (χ0v) is 18.7. The Morgan fingerprint density at radius 1 is 1.21 bits per heavy atom. The molecule has 1 aliphatic heterocycles. The molecule has 0 aromatic carbocycles. The van der Waals surface area contributed by atoms with Crippen LogP contribution in [0.1, 0.15) is 34.9 Å². The van der Waals surface area contributed by atoms with Crippen LogP contribution in [0.5, 0.6) is 0 Å². The lowest BCUT2D eigenvalue weighted by Crippen LogP contribution is -2.54. The van der Waals surface area contributed by atoms with Gasteiger partial charge in [-0.25, -0.2) is 15.0 Å². The van der Waals surface area contributed by atoms with Crippen LogP contribution in [0.25, 0.3) is 11.4 Å². The van der Waals surface area contributed by atoms with Crippen LogP contribution in [0.3, 0.4) is 0 Å². The van der Waals surface area contributed by atoms with E-state index in [1.165, 1.54) is 25.5 Å². The molecule has 4 rings (SSSR count). The van der Waals surface area contributed by atoms with Gasteiger partial charge in [0.15, 0.2) is 0 Å². The highest BCUT2D eigenvalue weighted by molar-refractivity contribution is 6.29. The molecule has 2 fully saturated rings. The number of aliphatic hydroxyl groups is 1. The molecule has 0 spiro atoms. The Labute approximate surface area is 195 Å². The number of carbonyl (C=O) groups is 3. The number of hydrogen-bond donors (Lipinski definition) is 2. The zero-order valence-electron chi connectivity index (χ0n) is 18.0. The molecule has 0 unspecified atom stereocenters. The van der Waals surface area contributed by atoms with E-state index in [1.807, 2.05) is 0 Å². The number of carbonyl (C=O) groups excluding carboxylic acids is 3. The first-order valence-electron chi connectivity index (χ1n) is 10.4. The van der Waals surface area contributed by atoms with Gasteiger partial charge >= 0.3 is 0 Å². The largest absolute Gasteiger partial charge is 0.380 e. The fourth-order valence-corrected chi connectivity index (χ4v) is 4.05. The number of rotatable bonds is 5. The topological polar surface area (TPSA) is 129 Å². The van der Waals surface area contributed by atoms with Crippen LogP contribution in [0.2, 0.25) is 5.15 Å². The minimum Gasteiger partial charge on any atom is -0.380 e. The predicted molar refractivity (Wildman–Crippen MR) is 119 cm³/mol. The molecule has 11 heteroatoms. The first-order chi connectivity index (χ1) is 15.8. The molecule has 1 saturated carbocycles. The molecule has 2 aromatic rings. The van der Waals surface area contributed by atoms with Crippen LogP contribution in [-0.2, 0) is 9.59 Å². The minimum atomic E-state index is -1.35. The van der Waals surface area contributed by atoms with Gasteiger partial charge < -0.3 is 20.2 Å². The highest BCUT2D eigenvalue weighted by Crippen LogP contribution is 2.40. The summed E-state index contributed by atoms with van der Waals surface area (Å²) in [6, 6.07) is 4.27. The maximum Gasteiger partial charge on any atom is 0.269 e. The number of pyridine rings is 1. The van der Waals surface area contributed by atoms with Gasteiger partial charge in [0.1, 0.15) is 22.8 Å². The van der Waals surface area contributed by atoms with Crippen molar-refractivity contribution in [3.8, 4) is 11.4 Å². The van der Waals surface area contributed by atoms with Gasteiger partial charge in [-0.3, -0.25) is 14.4 Å². The normalized spacial score (nSPS) is 19.1. The van der Waals surface area contributed by atoms with E-state index in [0.29, 0.717) is 36.3 Å². The molecule has 10 nitrogen and oxygen atoms in total. The molecule has 172 valence electrons. The van der Waals surface area contributed by atoms with Crippen LogP contribution < -0.4 is 5.32 Å². The number of nitrogens with zero attached hydrogens (tertiary/aromatic N) is 5. The Kier molecular flexibility index (Phi) is 6.13. The SMILES string of the molecule is C=CC(=O)N1CCN(C(=O)C2(O)CC2)[C@@H](c2cc(Cl)nc(-c3cc(C(=O)NC)ncn3)c2)C1. The monoisotopic (exact) mass is 470 g/mol. The van der Waals surface area contributed by atoms with Crippen molar-refractivity contribution in [2.75, 3.05) is 26.7 Å². The van der Waals surface area contributed by atoms with Crippen LogP contribution >= 0.6 is 11.6 Å². The van der Waals surface area contributed by atoms with Crippen molar-refractivity contribution in [2.24, 2.45) is 0 Å². The van der Waals surface area contributed by atoms with Crippen LogP contribution in [0.4, 0.5) is 0 Å². The summed E-state index contributed by atoms with van der Waals surface area (Å²) < 4.78 is 0.